The average Bonchev–Trinajstić information content (AvgIpc) is 3.29. The summed E-state index contributed by atoms with van der Waals surface area (Å²) in [4.78, 5) is 29.6. The maximum Gasteiger partial charge on any atom is 0.251 e. The summed E-state index contributed by atoms with van der Waals surface area (Å²) in [7, 11) is 0. The zero-order valence-electron chi connectivity index (χ0n) is 20.3. The van der Waals surface area contributed by atoms with Crippen molar-refractivity contribution < 1.29 is 14.3 Å². The van der Waals surface area contributed by atoms with Gasteiger partial charge in [-0.05, 0) is 34.4 Å². The second-order valence-electron chi connectivity index (χ2n) is 9.18. The van der Waals surface area contributed by atoms with Crippen molar-refractivity contribution in [2.45, 2.75) is 25.0 Å². The fourth-order valence-corrected chi connectivity index (χ4v) is 5.73. The van der Waals surface area contributed by atoms with Gasteiger partial charge in [-0.1, -0.05) is 66.7 Å². The van der Waals surface area contributed by atoms with Crippen molar-refractivity contribution in [2.75, 3.05) is 32.1 Å². The van der Waals surface area contributed by atoms with Crippen LogP contribution in [0.15, 0.2) is 78.9 Å². The van der Waals surface area contributed by atoms with Crippen molar-refractivity contribution in [3.63, 3.8) is 0 Å². The number of ether oxygens (including phenoxy) is 1. The first-order valence-electron chi connectivity index (χ1n) is 12.4. The van der Waals surface area contributed by atoms with E-state index >= 15 is 0 Å². The first-order chi connectivity index (χ1) is 17.7. The van der Waals surface area contributed by atoms with E-state index in [1.807, 2.05) is 59.5 Å². The molecule has 186 valence electrons. The van der Waals surface area contributed by atoms with Gasteiger partial charge in [-0.25, -0.2) is 0 Å². The molecule has 0 unspecified atom stereocenters. The van der Waals surface area contributed by atoms with Crippen LogP contribution in [0.1, 0.15) is 38.0 Å². The molecule has 1 atom stereocenters. The minimum absolute atomic E-state index is 0.0363. The van der Waals surface area contributed by atoms with Crippen molar-refractivity contribution in [3.05, 3.63) is 107 Å². The van der Waals surface area contributed by atoms with E-state index in [-0.39, 0.29) is 17.2 Å². The van der Waals surface area contributed by atoms with Crippen LogP contribution >= 0.6 is 11.8 Å². The summed E-state index contributed by atoms with van der Waals surface area (Å²) >= 11 is 1.63. The number of carbonyl (C=O) groups is 2. The van der Waals surface area contributed by atoms with Crippen LogP contribution < -0.4 is 5.32 Å². The topological polar surface area (TPSA) is 61.9 Å². The third-order valence-corrected chi connectivity index (χ3v) is 7.86. The van der Waals surface area contributed by atoms with Crippen LogP contribution in [-0.2, 0) is 29.2 Å². The fourth-order valence-electron chi connectivity index (χ4n) is 4.54. The molecule has 2 saturated heterocycles. The Bertz CT molecular complexity index is 1160. The highest BCUT2D eigenvalue weighted by Gasteiger charge is 2.32. The molecule has 2 aliphatic heterocycles. The monoisotopic (exact) mass is 501 g/mol. The molecule has 0 spiro atoms. The predicted molar refractivity (Wildman–Crippen MR) is 142 cm³/mol. The molecule has 5 rings (SSSR count). The molecule has 0 aromatic heterocycles. The maximum absolute atomic E-state index is 12.7. The van der Waals surface area contributed by atoms with Crippen molar-refractivity contribution in [1.29, 1.82) is 0 Å². The van der Waals surface area contributed by atoms with Gasteiger partial charge in [0.25, 0.3) is 5.91 Å². The van der Waals surface area contributed by atoms with Crippen molar-refractivity contribution in [2.24, 2.45) is 0 Å². The van der Waals surface area contributed by atoms with Crippen LogP contribution in [0.5, 0.6) is 0 Å². The lowest BCUT2D eigenvalue weighted by atomic mass is 10.1. The molecule has 0 aliphatic carbocycles. The summed E-state index contributed by atoms with van der Waals surface area (Å²) in [6.45, 7) is 5.54. The molecule has 2 aliphatic rings. The molecule has 36 heavy (non-hydrogen) atoms. The standard InChI is InChI=1S/C29H31N3O3S/c33-27-21-36-29(32(27)20-23-4-2-1-3-5-23)26-12-10-25(11-13-26)28(34)30-18-22-6-8-24(9-7-22)19-31-14-16-35-17-15-31/h1-13,29H,14-21H2,(H,30,34)/t29-/m1/s1. The van der Waals surface area contributed by atoms with E-state index in [9.17, 15) is 9.59 Å². The van der Waals surface area contributed by atoms with Gasteiger partial charge < -0.3 is 15.0 Å². The van der Waals surface area contributed by atoms with E-state index in [1.165, 1.54) is 5.56 Å². The lowest BCUT2D eigenvalue weighted by Crippen LogP contribution is -2.35. The molecule has 7 heteroatoms. The highest BCUT2D eigenvalue weighted by atomic mass is 32.2. The molecule has 2 heterocycles. The molecule has 0 saturated carbocycles. The van der Waals surface area contributed by atoms with E-state index in [1.54, 1.807) is 11.8 Å². The Kier molecular flexibility index (Phi) is 8.01. The molecule has 6 nitrogen and oxygen atoms in total. The van der Waals surface area contributed by atoms with Crippen molar-refractivity contribution >= 4 is 23.6 Å². The van der Waals surface area contributed by atoms with Gasteiger partial charge >= 0.3 is 0 Å². The maximum atomic E-state index is 12.7. The number of carbonyl (C=O) groups excluding carboxylic acids is 2. The van der Waals surface area contributed by atoms with Crippen LogP contribution in [0.2, 0.25) is 0 Å². The third-order valence-electron chi connectivity index (χ3n) is 6.61. The van der Waals surface area contributed by atoms with Gasteiger partial charge in [0, 0.05) is 38.3 Å². The summed E-state index contributed by atoms with van der Waals surface area (Å²) in [5.41, 5.74) is 5.11. The number of nitrogens with zero attached hydrogens (tertiary/aromatic N) is 2. The lowest BCUT2D eigenvalue weighted by molar-refractivity contribution is -0.128. The van der Waals surface area contributed by atoms with Crippen LogP contribution in [0, 0.1) is 0 Å². The van der Waals surface area contributed by atoms with E-state index < -0.39 is 0 Å². The van der Waals surface area contributed by atoms with Crippen molar-refractivity contribution in [1.82, 2.24) is 15.1 Å². The lowest BCUT2D eigenvalue weighted by Gasteiger charge is -2.26. The first-order valence-corrected chi connectivity index (χ1v) is 13.4. The molecule has 3 aromatic carbocycles. The molecule has 0 radical (unpaired) electrons. The van der Waals surface area contributed by atoms with E-state index in [0.717, 1.165) is 49.5 Å². The summed E-state index contributed by atoms with van der Waals surface area (Å²) in [5, 5.41) is 2.98. The van der Waals surface area contributed by atoms with Crippen molar-refractivity contribution in [3.8, 4) is 0 Å². The molecular weight excluding hydrogens is 470 g/mol. The molecule has 2 fully saturated rings. The molecule has 2 amide bonds. The Labute approximate surface area is 216 Å². The number of thioether (sulfide) groups is 1. The highest BCUT2D eigenvalue weighted by Crippen LogP contribution is 2.39. The number of hydrogen-bond acceptors (Lipinski definition) is 5. The van der Waals surface area contributed by atoms with Crippen LogP contribution in [-0.4, -0.2) is 53.7 Å². The van der Waals surface area contributed by atoms with Gasteiger partial charge in [-0.2, -0.15) is 0 Å². The van der Waals surface area contributed by atoms with Crippen LogP contribution in [0.25, 0.3) is 0 Å². The van der Waals surface area contributed by atoms with Gasteiger partial charge in [0.05, 0.1) is 19.0 Å². The van der Waals surface area contributed by atoms with Gasteiger partial charge in [-0.15, -0.1) is 11.8 Å². The van der Waals surface area contributed by atoms with Crippen LogP contribution in [0.3, 0.4) is 0 Å². The van der Waals surface area contributed by atoms with Gasteiger partial charge in [0.1, 0.15) is 5.37 Å². The van der Waals surface area contributed by atoms with Gasteiger partial charge in [-0.3, -0.25) is 14.5 Å². The average molecular weight is 502 g/mol. The largest absolute Gasteiger partial charge is 0.379 e. The summed E-state index contributed by atoms with van der Waals surface area (Å²) < 4.78 is 5.41. The number of rotatable bonds is 8. The predicted octanol–water partition coefficient (Wildman–Crippen LogP) is 4.22. The number of morpholine rings is 1. The Morgan fingerprint density at radius 2 is 1.53 bits per heavy atom. The number of benzene rings is 3. The van der Waals surface area contributed by atoms with E-state index in [2.05, 4.69) is 34.5 Å². The Balaban J connectivity index is 1.15. The van der Waals surface area contributed by atoms with E-state index in [4.69, 9.17) is 4.74 Å². The van der Waals surface area contributed by atoms with Gasteiger partial charge in [0.15, 0.2) is 0 Å². The minimum Gasteiger partial charge on any atom is -0.379 e. The van der Waals surface area contributed by atoms with E-state index in [0.29, 0.717) is 24.4 Å². The molecular formula is C29H31N3O3S. The zero-order chi connectivity index (χ0) is 24.7. The highest BCUT2D eigenvalue weighted by molar-refractivity contribution is 8.00. The SMILES string of the molecule is O=C(NCc1ccc(CN2CCOCC2)cc1)c1ccc([C@H]2SCC(=O)N2Cc2ccccc2)cc1. The number of amides is 2. The Morgan fingerprint density at radius 1 is 0.861 bits per heavy atom. The summed E-state index contributed by atoms with van der Waals surface area (Å²) in [6, 6.07) is 26.1. The molecule has 1 N–H and O–H groups in total. The zero-order valence-corrected chi connectivity index (χ0v) is 21.1. The fraction of sp³-hybridized carbons (Fsp3) is 0.310. The number of nitrogens with one attached hydrogen (secondary N) is 1. The smallest absolute Gasteiger partial charge is 0.251 e. The molecule has 0 bridgehead atoms. The number of hydrogen-bond donors (Lipinski definition) is 1. The second kappa shape index (κ2) is 11.7. The summed E-state index contributed by atoms with van der Waals surface area (Å²) in [5.74, 6) is 0.521. The normalized spacial score (nSPS) is 18.4. The molecule has 3 aromatic rings. The minimum atomic E-state index is -0.102. The second-order valence-corrected chi connectivity index (χ2v) is 10.2. The third kappa shape index (κ3) is 6.16. The first kappa shape index (κ1) is 24.6. The van der Waals surface area contributed by atoms with Gasteiger partial charge in [0.2, 0.25) is 5.91 Å². The quantitative estimate of drug-likeness (QED) is 0.501. The van der Waals surface area contributed by atoms with Crippen LogP contribution in [0.4, 0.5) is 0 Å². The Hall–Kier alpha value is -3.13. The summed E-state index contributed by atoms with van der Waals surface area (Å²) in [6.07, 6.45) is 0. The Morgan fingerprint density at radius 3 is 2.25 bits per heavy atom.